The summed E-state index contributed by atoms with van der Waals surface area (Å²) in [7, 11) is 0. The van der Waals surface area contributed by atoms with Crippen LogP contribution in [0.3, 0.4) is 0 Å². The van der Waals surface area contributed by atoms with Crippen molar-refractivity contribution in [2.45, 2.75) is 26.3 Å². The zero-order chi connectivity index (χ0) is 18.5. The Morgan fingerprint density at radius 3 is 2.58 bits per heavy atom. The summed E-state index contributed by atoms with van der Waals surface area (Å²) in [6.45, 7) is 2.48. The van der Waals surface area contributed by atoms with E-state index in [2.05, 4.69) is 15.6 Å². The normalized spacial score (nSPS) is 13.6. The third-order valence-electron chi connectivity index (χ3n) is 4.06. The van der Waals surface area contributed by atoms with Crippen molar-refractivity contribution in [2.24, 2.45) is 0 Å². The molecule has 0 atom stereocenters. The topological polar surface area (TPSA) is 91.4 Å². The minimum Gasteiger partial charge on any atom is -0.347 e. The van der Waals surface area contributed by atoms with E-state index >= 15 is 0 Å². The lowest BCUT2D eigenvalue weighted by Gasteiger charge is -2.16. The molecule has 0 aliphatic carbocycles. The van der Waals surface area contributed by atoms with Crippen LogP contribution in [0.5, 0.6) is 0 Å². The van der Waals surface area contributed by atoms with Crippen LogP contribution < -0.4 is 15.5 Å². The van der Waals surface area contributed by atoms with Gasteiger partial charge in [0.25, 0.3) is 5.91 Å². The summed E-state index contributed by atoms with van der Waals surface area (Å²) in [5, 5.41) is 5.35. The number of amides is 3. The van der Waals surface area contributed by atoms with E-state index in [0.29, 0.717) is 18.8 Å². The molecule has 0 bridgehead atoms. The molecule has 26 heavy (non-hydrogen) atoms. The van der Waals surface area contributed by atoms with Crippen molar-refractivity contribution in [3.05, 3.63) is 53.7 Å². The second-order valence-corrected chi connectivity index (χ2v) is 6.09. The van der Waals surface area contributed by atoms with Gasteiger partial charge in [-0.15, -0.1) is 0 Å². The molecule has 0 spiro atoms. The fraction of sp³-hybridized carbons (Fsp3) is 0.263. The molecule has 2 N–H and O–H groups in total. The average molecular weight is 352 g/mol. The van der Waals surface area contributed by atoms with Crippen LogP contribution in [0.2, 0.25) is 0 Å². The largest absolute Gasteiger partial charge is 0.347 e. The molecular weight excluding hydrogens is 332 g/mol. The van der Waals surface area contributed by atoms with Crippen molar-refractivity contribution in [3.63, 3.8) is 0 Å². The lowest BCUT2D eigenvalue weighted by Crippen LogP contribution is -2.25. The predicted octanol–water partition coefficient (Wildman–Crippen LogP) is 2.10. The second kappa shape index (κ2) is 7.77. The van der Waals surface area contributed by atoms with Gasteiger partial charge in [-0.2, -0.15) is 0 Å². The minimum absolute atomic E-state index is 0.149. The fourth-order valence-electron chi connectivity index (χ4n) is 2.80. The molecule has 0 unspecified atom stereocenters. The van der Waals surface area contributed by atoms with Crippen molar-refractivity contribution < 1.29 is 14.4 Å². The Labute approximate surface area is 151 Å². The Morgan fingerprint density at radius 2 is 1.92 bits per heavy atom. The van der Waals surface area contributed by atoms with E-state index in [1.807, 2.05) is 24.3 Å². The Bertz CT molecular complexity index is 833. The maximum atomic E-state index is 12.2. The van der Waals surface area contributed by atoms with Crippen LogP contribution >= 0.6 is 0 Å². The lowest BCUT2D eigenvalue weighted by atomic mass is 10.2. The van der Waals surface area contributed by atoms with Gasteiger partial charge in [0.1, 0.15) is 11.5 Å². The smallest absolute Gasteiger partial charge is 0.270 e. The van der Waals surface area contributed by atoms with Gasteiger partial charge in [-0.3, -0.25) is 14.4 Å². The van der Waals surface area contributed by atoms with E-state index in [1.165, 1.54) is 6.92 Å². The summed E-state index contributed by atoms with van der Waals surface area (Å²) in [6, 6.07) is 12.4. The lowest BCUT2D eigenvalue weighted by molar-refractivity contribution is -0.117. The maximum Gasteiger partial charge on any atom is 0.270 e. The van der Waals surface area contributed by atoms with Gasteiger partial charge in [0, 0.05) is 32.1 Å². The molecule has 134 valence electrons. The van der Waals surface area contributed by atoms with E-state index in [0.717, 1.165) is 24.2 Å². The molecule has 2 heterocycles. The van der Waals surface area contributed by atoms with Crippen LogP contribution in [0.25, 0.3) is 0 Å². The van der Waals surface area contributed by atoms with E-state index in [1.54, 1.807) is 23.1 Å². The molecule has 1 saturated heterocycles. The highest BCUT2D eigenvalue weighted by molar-refractivity contribution is 5.95. The van der Waals surface area contributed by atoms with Crippen LogP contribution in [0.4, 0.5) is 11.5 Å². The summed E-state index contributed by atoms with van der Waals surface area (Å²) in [5.74, 6) is -0.0800. The van der Waals surface area contributed by atoms with E-state index < -0.39 is 0 Å². The van der Waals surface area contributed by atoms with Gasteiger partial charge in [0.15, 0.2) is 0 Å². The van der Waals surface area contributed by atoms with Crippen LogP contribution in [-0.4, -0.2) is 29.3 Å². The summed E-state index contributed by atoms with van der Waals surface area (Å²) in [6.07, 6.45) is 1.49. The van der Waals surface area contributed by atoms with E-state index in [4.69, 9.17) is 0 Å². The monoisotopic (exact) mass is 352 g/mol. The van der Waals surface area contributed by atoms with Crippen LogP contribution in [0.15, 0.2) is 42.5 Å². The molecule has 0 radical (unpaired) electrons. The Morgan fingerprint density at radius 1 is 1.15 bits per heavy atom. The van der Waals surface area contributed by atoms with Crippen molar-refractivity contribution >= 4 is 29.2 Å². The molecule has 1 aliphatic rings. The van der Waals surface area contributed by atoms with Crippen molar-refractivity contribution in [2.75, 3.05) is 16.8 Å². The number of hydrogen-bond acceptors (Lipinski definition) is 4. The number of hydrogen-bond donors (Lipinski definition) is 2. The second-order valence-electron chi connectivity index (χ2n) is 6.09. The quantitative estimate of drug-likeness (QED) is 0.862. The molecule has 0 saturated carbocycles. The number of carbonyl (C=O) groups excluding carboxylic acids is 3. The van der Waals surface area contributed by atoms with Gasteiger partial charge in [-0.05, 0) is 36.2 Å². The molecule has 3 amide bonds. The van der Waals surface area contributed by atoms with Gasteiger partial charge in [-0.1, -0.05) is 18.2 Å². The zero-order valence-electron chi connectivity index (χ0n) is 14.5. The number of carbonyl (C=O) groups is 3. The first-order valence-electron chi connectivity index (χ1n) is 8.45. The van der Waals surface area contributed by atoms with E-state index in [9.17, 15) is 14.4 Å². The molecule has 2 aromatic rings. The summed E-state index contributed by atoms with van der Waals surface area (Å²) < 4.78 is 0. The molecule has 7 heteroatoms. The fourth-order valence-corrected chi connectivity index (χ4v) is 2.80. The van der Waals surface area contributed by atoms with Crippen LogP contribution in [-0.2, 0) is 16.1 Å². The van der Waals surface area contributed by atoms with E-state index in [-0.39, 0.29) is 23.4 Å². The molecule has 1 aromatic carbocycles. The Balaban J connectivity index is 1.59. The Kier molecular flexibility index (Phi) is 5.26. The predicted molar refractivity (Wildman–Crippen MR) is 97.7 cm³/mol. The van der Waals surface area contributed by atoms with Gasteiger partial charge >= 0.3 is 0 Å². The first-order valence-corrected chi connectivity index (χ1v) is 8.45. The van der Waals surface area contributed by atoms with Crippen molar-refractivity contribution in [1.29, 1.82) is 0 Å². The first kappa shape index (κ1) is 17.6. The maximum absolute atomic E-state index is 12.2. The van der Waals surface area contributed by atoms with Crippen molar-refractivity contribution in [1.82, 2.24) is 10.3 Å². The molecular formula is C19H20N4O3. The third-order valence-corrected chi connectivity index (χ3v) is 4.06. The number of nitrogens with one attached hydrogen (secondary N) is 2. The number of pyridine rings is 1. The Hall–Kier alpha value is -3.22. The zero-order valence-corrected chi connectivity index (χ0v) is 14.5. The van der Waals surface area contributed by atoms with Gasteiger partial charge in [0.2, 0.25) is 11.8 Å². The SMILES string of the molecule is CC(=O)Nc1cccc(C(=O)NCc2ccc(N3CCCC3=O)cc2)n1. The number of rotatable bonds is 5. The van der Waals surface area contributed by atoms with Crippen LogP contribution in [0, 0.1) is 0 Å². The summed E-state index contributed by atoms with van der Waals surface area (Å²) >= 11 is 0. The van der Waals surface area contributed by atoms with Gasteiger partial charge in [0.05, 0.1) is 0 Å². The minimum atomic E-state index is -0.323. The highest BCUT2D eigenvalue weighted by atomic mass is 16.2. The number of benzene rings is 1. The standard InChI is InChI=1S/C19H20N4O3/c1-13(24)21-17-5-2-4-16(22-17)19(26)20-12-14-7-9-15(10-8-14)23-11-3-6-18(23)25/h2,4-5,7-10H,3,6,11-12H2,1H3,(H,20,26)(H,21,22,24). The average Bonchev–Trinajstić information content (AvgIpc) is 3.06. The first-order chi connectivity index (χ1) is 12.5. The molecule has 1 fully saturated rings. The summed E-state index contributed by atoms with van der Waals surface area (Å²) in [4.78, 5) is 41.0. The highest BCUT2D eigenvalue weighted by Crippen LogP contribution is 2.21. The highest BCUT2D eigenvalue weighted by Gasteiger charge is 2.21. The third kappa shape index (κ3) is 4.24. The van der Waals surface area contributed by atoms with Crippen molar-refractivity contribution in [3.8, 4) is 0 Å². The number of nitrogens with zero attached hydrogens (tertiary/aromatic N) is 2. The molecule has 1 aromatic heterocycles. The molecule has 1 aliphatic heterocycles. The number of anilines is 2. The molecule has 7 nitrogen and oxygen atoms in total. The van der Waals surface area contributed by atoms with Crippen LogP contribution in [0.1, 0.15) is 35.8 Å². The van der Waals surface area contributed by atoms with Gasteiger partial charge in [-0.25, -0.2) is 4.98 Å². The molecule has 3 rings (SSSR count). The number of aromatic nitrogens is 1. The van der Waals surface area contributed by atoms with Gasteiger partial charge < -0.3 is 15.5 Å². The summed E-state index contributed by atoms with van der Waals surface area (Å²) in [5.41, 5.74) is 2.04.